The molecule has 150 valence electrons. The predicted octanol–water partition coefficient (Wildman–Crippen LogP) is 2.47. The van der Waals surface area contributed by atoms with Crippen LogP contribution in [0.5, 0.6) is 5.75 Å². The molecule has 3 heterocycles. The number of carbonyl (C=O) groups excluding carboxylic acids is 1. The Kier molecular flexibility index (Phi) is 6.76. The molecule has 0 atom stereocenters. The number of rotatable bonds is 10. The van der Waals surface area contributed by atoms with Gasteiger partial charge in [0.2, 0.25) is 0 Å². The molecule has 0 aliphatic carbocycles. The van der Waals surface area contributed by atoms with E-state index in [0.717, 1.165) is 29.7 Å². The molecular weight excluding hydrogens is 363 g/mol. The summed E-state index contributed by atoms with van der Waals surface area (Å²) >= 11 is 0. The SMILES string of the molecule is Cc1cc(CN2Cc3c(ccnc3NCCCCO)C2=O)ncc1OCCF. The average molecular weight is 388 g/mol. The summed E-state index contributed by atoms with van der Waals surface area (Å²) in [5, 5.41) is 12.1. The average Bonchev–Trinajstić information content (AvgIpc) is 3.01. The fraction of sp³-hybridized carbons (Fsp3) is 0.450. The van der Waals surface area contributed by atoms with Crippen molar-refractivity contribution in [3.8, 4) is 5.75 Å². The number of carbonyl (C=O) groups is 1. The van der Waals surface area contributed by atoms with E-state index in [1.807, 2.05) is 13.0 Å². The molecule has 0 spiro atoms. The van der Waals surface area contributed by atoms with Crippen LogP contribution >= 0.6 is 0 Å². The number of ether oxygens (including phenoxy) is 1. The summed E-state index contributed by atoms with van der Waals surface area (Å²) in [6.07, 6.45) is 4.76. The van der Waals surface area contributed by atoms with Crippen LogP contribution in [-0.4, -0.2) is 52.3 Å². The van der Waals surface area contributed by atoms with Crippen LogP contribution in [0.1, 0.15) is 40.0 Å². The number of anilines is 1. The number of aromatic nitrogens is 2. The zero-order chi connectivity index (χ0) is 19.9. The molecule has 2 N–H and O–H groups in total. The number of aliphatic hydroxyl groups is 1. The molecule has 1 aliphatic rings. The minimum Gasteiger partial charge on any atom is -0.489 e. The normalized spacial score (nSPS) is 13.0. The van der Waals surface area contributed by atoms with Crippen LogP contribution in [0.4, 0.5) is 10.2 Å². The number of pyridine rings is 2. The molecule has 0 saturated heterocycles. The first-order valence-electron chi connectivity index (χ1n) is 9.40. The van der Waals surface area contributed by atoms with Crippen molar-refractivity contribution in [3.63, 3.8) is 0 Å². The Bertz CT molecular complexity index is 831. The molecule has 0 unspecified atom stereocenters. The van der Waals surface area contributed by atoms with Gasteiger partial charge in [0.15, 0.2) is 0 Å². The van der Waals surface area contributed by atoms with Gasteiger partial charge in [-0.15, -0.1) is 0 Å². The van der Waals surface area contributed by atoms with Gasteiger partial charge in [0.25, 0.3) is 5.91 Å². The van der Waals surface area contributed by atoms with E-state index in [1.165, 1.54) is 0 Å². The third kappa shape index (κ3) is 4.56. The molecule has 0 aromatic carbocycles. The van der Waals surface area contributed by atoms with Crippen LogP contribution in [0, 0.1) is 6.92 Å². The third-order valence-electron chi connectivity index (χ3n) is 4.61. The zero-order valence-electron chi connectivity index (χ0n) is 15.9. The second-order valence-electron chi connectivity index (χ2n) is 6.68. The van der Waals surface area contributed by atoms with Crippen LogP contribution < -0.4 is 10.1 Å². The number of hydrogen-bond acceptors (Lipinski definition) is 6. The van der Waals surface area contributed by atoms with Crippen LogP contribution in [-0.2, 0) is 13.1 Å². The summed E-state index contributed by atoms with van der Waals surface area (Å²) in [5.74, 6) is 1.22. The van der Waals surface area contributed by atoms with Gasteiger partial charge in [0.05, 0.1) is 25.0 Å². The minimum absolute atomic E-state index is 0.00285. The fourth-order valence-corrected chi connectivity index (χ4v) is 3.19. The van der Waals surface area contributed by atoms with Gasteiger partial charge in [-0.05, 0) is 37.5 Å². The van der Waals surface area contributed by atoms with Crippen molar-refractivity contribution in [2.24, 2.45) is 0 Å². The van der Waals surface area contributed by atoms with Gasteiger partial charge in [-0.1, -0.05) is 0 Å². The largest absolute Gasteiger partial charge is 0.489 e. The van der Waals surface area contributed by atoms with Gasteiger partial charge >= 0.3 is 0 Å². The highest BCUT2D eigenvalue weighted by atomic mass is 19.1. The monoisotopic (exact) mass is 388 g/mol. The number of aryl methyl sites for hydroxylation is 1. The Morgan fingerprint density at radius 3 is 2.96 bits per heavy atom. The Morgan fingerprint density at radius 2 is 2.21 bits per heavy atom. The van der Waals surface area contributed by atoms with E-state index in [9.17, 15) is 9.18 Å². The lowest BCUT2D eigenvalue weighted by atomic mass is 10.1. The van der Waals surface area contributed by atoms with Gasteiger partial charge in [-0.3, -0.25) is 9.78 Å². The lowest BCUT2D eigenvalue weighted by Gasteiger charge is -2.16. The Hall–Kier alpha value is -2.74. The van der Waals surface area contributed by atoms with Crippen molar-refractivity contribution < 1.29 is 19.0 Å². The van der Waals surface area contributed by atoms with Crippen molar-refractivity contribution >= 4 is 11.7 Å². The first-order valence-corrected chi connectivity index (χ1v) is 9.40. The number of unbranched alkanes of at least 4 members (excludes halogenated alkanes) is 1. The lowest BCUT2D eigenvalue weighted by Crippen LogP contribution is -2.23. The van der Waals surface area contributed by atoms with Crippen molar-refractivity contribution in [3.05, 3.63) is 46.9 Å². The smallest absolute Gasteiger partial charge is 0.255 e. The first-order chi connectivity index (χ1) is 13.6. The van der Waals surface area contributed by atoms with E-state index in [2.05, 4.69) is 15.3 Å². The highest BCUT2D eigenvalue weighted by molar-refractivity contribution is 5.99. The molecule has 3 rings (SSSR count). The van der Waals surface area contributed by atoms with Crippen LogP contribution in [0.2, 0.25) is 0 Å². The van der Waals surface area contributed by atoms with Gasteiger partial charge in [-0.2, -0.15) is 0 Å². The maximum atomic E-state index is 12.8. The lowest BCUT2D eigenvalue weighted by molar-refractivity contribution is 0.0764. The number of hydrogen-bond donors (Lipinski definition) is 2. The molecule has 0 radical (unpaired) electrons. The summed E-state index contributed by atoms with van der Waals surface area (Å²) in [5.41, 5.74) is 3.14. The topological polar surface area (TPSA) is 87.6 Å². The summed E-state index contributed by atoms with van der Waals surface area (Å²) in [4.78, 5) is 23.2. The summed E-state index contributed by atoms with van der Waals surface area (Å²) < 4.78 is 17.6. The molecule has 28 heavy (non-hydrogen) atoms. The van der Waals surface area contributed by atoms with E-state index >= 15 is 0 Å². The highest BCUT2D eigenvalue weighted by Gasteiger charge is 2.30. The number of aliphatic hydroxyl groups excluding tert-OH is 1. The fourth-order valence-electron chi connectivity index (χ4n) is 3.19. The first kappa shape index (κ1) is 20.0. The standard InChI is InChI=1S/C20H25FN4O3/c1-14-10-15(24-11-18(14)28-9-5-21)12-25-13-17-16(20(25)27)4-7-23-19(17)22-6-2-3-8-26/h4,7,10-11,26H,2-3,5-6,8-9,12-13H2,1H3,(H,22,23). The molecule has 1 amide bonds. The van der Waals surface area contributed by atoms with Crippen molar-refractivity contribution in [1.29, 1.82) is 0 Å². The van der Waals surface area contributed by atoms with Crippen LogP contribution in [0.3, 0.4) is 0 Å². The number of amides is 1. The van der Waals surface area contributed by atoms with E-state index in [1.54, 1.807) is 23.4 Å². The van der Waals surface area contributed by atoms with Gasteiger partial charge in [0.1, 0.15) is 24.8 Å². The van der Waals surface area contributed by atoms with E-state index in [4.69, 9.17) is 9.84 Å². The molecule has 7 nitrogen and oxygen atoms in total. The molecule has 0 saturated carbocycles. The Balaban J connectivity index is 1.68. The number of halogens is 1. The van der Waals surface area contributed by atoms with E-state index in [0.29, 0.717) is 36.8 Å². The summed E-state index contributed by atoms with van der Waals surface area (Å²) in [6, 6.07) is 3.60. The van der Waals surface area contributed by atoms with E-state index in [-0.39, 0.29) is 19.1 Å². The third-order valence-corrected chi connectivity index (χ3v) is 4.61. The summed E-state index contributed by atoms with van der Waals surface area (Å²) in [6.45, 7) is 3.02. The molecular formula is C20H25FN4O3. The van der Waals surface area contributed by atoms with Crippen molar-refractivity contribution in [2.75, 3.05) is 31.7 Å². The Morgan fingerprint density at radius 1 is 1.36 bits per heavy atom. The molecule has 0 bridgehead atoms. The second-order valence-corrected chi connectivity index (χ2v) is 6.68. The van der Waals surface area contributed by atoms with Crippen molar-refractivity contribution in [1.82, 2.24) is 14.9 Å². The predicted molar refractivity (Wildman–Crippen MR) is 103 cm³/mol. The molecule has 8 heteroatoms. The quantitative estimate of drug-likeness (QED) is 0.608. The minimum atomic E-state index is -0.549. The number of nitrogens with one attached hydrogen (secondary N) is 1. The highest BCUT2D eigenvalue weighted by Crippen LogP contribution is 2.29. The number of nitrogens with zero attached hydrogens (tertiary/aromatic N) is 3. The maximum Gasteiger partial charge on any atom is 0.255 e. The van der Waals surface area contributed by atoms with Gasteiger partial charge in [-0.25, -0.2) is 9.37 Å². The zero-order valence-corrected chi connectivity index (χ0v) is 15.9. The van der Waals surface area contributed by atoms with Crippen molar-refractivity contribution in [2.45, 2.75) is 32.9 Å². The van der Waals surface area contributed by atoms with Crippen LogP contribution in [0.25, 0.3) is 0 Å². The number of fused-ring (bicyclic) bond motifs is 1. The number of alkyl halides is 1. The molecule has 2 aromatic rings. The molecule has 1 aliphatic heterocycles. The van der Waals surface area contributed by atoms with E-state index < -0.39 is 6.67 Å². The molecule has 2 aromatic heterocycles. The van der Waals surface area contributed by atoms with Crippen LogP contribution in [0.15, 0.2) is 24.5 Å². The maximum absolute atomic E-state index is 12.8. The van der Waals surface area contributed by atoms with Gasteiger partial charge < -0.3 is 20.1 Å². The Labute approximate surface area is 163 Å². The summed E-state index contributed by atoms with van der Waals surface area (Å²) in [7, 11) is 0. The van der Waals surface area contributed by atoms with Gasteiger partial charge in [0, 0.05) is 30.5 Å². The molecule has 0 fully saturated rings. The second kappa shape index (κ2) is 9.45.